The Morgan fingerprint density at radius 1 is 1.12 bits per heavy atom. The fourth-order valence-corrected chi connectivity index (χ4v) is 3.68. The molecule has 2 heterocycles. The minimum atomic E-state index is -0.490. The Kier molecular flexibility index (Phi) is 4.94. The van der Waals surface area contributed by atoms with Crippen molar-refractivity contribution in [3.63, 3.8) is 0 Å². The van der Waals surface area contributed by atoms with Gasteiger partial charge in [-0.25, -0.2) is 4.39 Å². The predicted octanol–water partition coefficient (Wildman–Crippen LogP) is 3.44. The van der Waals surface area contributed by atoms with Crippen LogP contribution in [0.25, 0.3) is 0 Å². The number of hydrogen-bond acceptors (Lipinski definition) is 4. The molecule has 0 saturated carbocycles. The van der Waals surface area contributed by atoms with E-state index in [0.717, 1.165) is 6.42 Å². The molecule has 0 unspecified atom stereocenters. The second-order valence-electron chi connectivity index (χ2n) is 5.83. The molecule has 1 aromatic carbocycles. The van der Waals surface area contributed by atoms with Crippen LogP contribution in [0.3, 0.4) is 0 Å². The summed E-state index contributed by atoms with van der Waals surface area (Å²) in [5.41, 5.74) is 1.46. The summed E-state index contributed by atoms with van der Waals surface area (Å²) in [7, 11) is 0. The number of ketones is 1. The van der Waals surface area contributed by atoms with Crippen LogP contribution in [0, 0.1) is 5.82 Å². The average molecular weight is 346 g/mol. The summed E-state index contributed by atoms with van der Waals surface area (Å²) >= 11 is 1.50. The number of thiophene rings is 1. The number of carbonyl (C=O) groups is 2. The second kappa shape index (κ2) is 7.13. The molecule has 1 amide bonds. The Morgan fingerprint density at radius 3 is 2.67 bits per heavy atom. The van der Waals surface area contributed by atoms with Crippen LogP contribution in [0.15, 0.2) is 35.0 Å². The van der Waals surface area contributed by atoms with Crippen LogP contribution in [0.1, 0.15) is 34.1 Å². The Balaban J connectivity index is 1.78. The van der Waals surface area contributed by atoms with Crippen LogP contribution in [0.5, 0.6) is 0 Å². The van der Waals surface area contributed by atoms with Crippen molar-refractivity contribution in [2.24, 2.45) is 0 Å². The van der Waals surface area contributed by atoms with Gasteiger partial charge in [-0.15, -0.1) is 0 Å². The van der Waals surface area contributed by atoms with Crippen LogP contribution in [0.2, 0.25) is 0 Å². The first-order valence-electron chi connectivity index (χ1n) is 7.94. The van der Waals surface area contributed by atoms with E-state index in [1.807, 2.05) is 26.6 Å². The van der Waals surface area contributed by atoms with Gasteiger partial charge in [0.25, 0.3) is 5.91 Å². The van der Waals surface area contributed by atoms with Crippen molar-refractivity contribution in [3.05, 3.63) is 52.0 Å². The third kappa shape index (κ3) is 3.33. The lowest BCUT2D eigenvalue weighted by molar-refractivity contribution is 0.0767. The molecule has 0 spiro atoms. The number of halogens is 1. The molecule has 2 aromatic rings. The largest absolute Gasteiger partial charge is 0.369 e. The smallest absolute Gasteiger partial charge is 0.254 e. The summed E-state index contributed by atoms with van der Waals surface area (Å²) in [5.74, 6) is -0.738. The van der Waals surface area contributed by atoms with Gasteiger partial charge in [0.2, 0.25) is 0 Å². The summed E-state index contributed by atoms with van der Waals surface area (Å²) in [6.45, 7) is 3.88. The van der Waals surface area contributed by atoms with Gasteiger partial charge in [-0.1, -0.05) is 6.07 Å². The monoisotopic (exact) mass is 346 g/mol. The van der Waals surface area contributed by atoms with Crippen molar-refractivity contribution in [3.8, 4) is 0 Å². The molecular weight excluding hydrogens is 327 g/mol. The highest BCUT2D eigenvalue weighted by molar-refractivity contribution is 7.08. The van der Waals surface area contributed by atoms with Gasteiger partial charge in [-0.05, 0) is 36.9 Å². The van der Waals surface area contributed by atoms with Crippen molar-refractivity contribution >= 4 is 28.7 Å². The topological polar surface area (TPSA) is 40.6 Å². The number of Topliss-reactive ketones (excluding diaryl/α,β-unsaturated/α-hetero) is 1. The van der Waals surface area contributed by atoms with Crippen LogP contribution >= 0.6 is 11.3 Å². The van der Waals surface area contributed by atoms with Crippen LogP contribution in [-0.4, -0.2) is 42.8 Å². The van der Waals surface area contributed by atoms with Crippen molar-refractivity contribution in [2.45, 2.75) is 13.3 Å². The Labute approximate surface area is 144 Å². The van der Waals surface area contributed by atoms with Crippen molar-refractivity contribution in [2.75, 3.05) is 31.1 Å². The lowest BCUT2D eigenvalue weighted by atomic mass is 10.1. The Hall–Kier alpha value is -2.21. The summed E-state index contributed by atoms with van der Waals surface area (Å²) in [4.78, 5) is 28.1. The van der Waals surface area contributed by atoms with Gasteiger partial charge in [0.05, 0.1) is 16.8 Å². The summed E-state index contributed by atoms with van der Waals surface area (Å²) in [6, 6.07) is 6.53. The molecule has 24 heavy (non-hydrogen) atoms. The number of carbonyl (C=O) groups excluding carboxylic acids is 2. The van der Waals surface area contributed by atoms with E-state index in [-0.39, 0.29) is 17.3 Å². The van der Waals surface area contributed by atoms with Crippen LogP contribution < -0.4 is 4.90 Å². The highest BCUT2D eigenvalue weighted by Crippen LogP contribution is 2.25. The zero-order chi connectivity index (χ0) is 17.1. The predicted molar refractivity (Wildman–Crippen MR) is 93.5 cm³/mol. The minimum Gasteiger partial charge on any atom is -0.369 e. The van der Waals surface area contributed by atoms with Gasteiger partial charge in [0, 0.05) is 31.6 Å². The van der Waals surface area contributed by atoms with Gasteiger partial charge in [0.1, 0.15) is 5.82 Å². The molecule has 126 valence electrons. The summed E-state index contributed by atoms with van der Waals surface area (Å²) in [5, 5.41) is 3.74. The highest BCUT2D eigenvalue weighted by atomic mass is 32.1. The second-order valence-corrected chi connectivity index (χ2v) is 6.62. The van der Waals surface area contributed by atoms with Crippen molar-refractivity contribution in [1.29, 1.82) is 0 Å². The summed E-state index contributed by atoms with van der Waals surface area (Å²) < 4.78 is 14.0. The van der Waals surface area contributed by atoms with Gasteiger partial charge >= 0.3 is 0 Å². The third-order valence-corrected chi connectivity index (χ3v) is 4.92. The lowest BCUT2D eigenvalue weighted by Gasteiger charge is -2.25. The SMILES string of the molecule is CC(=O)c1c(F)cccc1N1CCCN(C(=O)c2ccsc2)CC1. The fraction of sp³-hybridized carbons (Fsp3) is 0.333. The number of hydrogen-bond donors (Lipinski definition) is 0. The average Bonchev–Trinajstić information content (AvgIpc) is 2.98. The Bertz CT molecular complexity index is 745. The van der Waals surface area contributed by atoms with E-state index in [9.17, 15) is 14.0 Å². The number of rotatable bonds is 3. The molecule has 0 aliphatic carbocycles. The molecule has 0 N–H and O–H groups in total. The molecule has 6 heteroatoms. The van der Waals surface area contributed by atoms with E-state index in [2.05, 4.69) is 0 Å². The van der Waals surface area contributed by atoms with Gasteiger partial charge < -0.3 is 9.80 Å². The molecule has 3 rings (SSSR count). The maximum atomic E-state index is 14.0. The molecular formula is C18H19FN2O2S. The molecule has 4 nitrogen and oxygen atoms in total. The van der Waals surface area contributed by atoms with E-state index in [4.69, 9.17) is 0 Å². The standard InChI is InChI=1S/C18H19FN2O2S/c1-13(22)17-15(19)4-2-5-16(17)20-7-3-8-21(10-9-20)18(23)14-6-11-24-12-14/h2,4-6,11-12H,3,7-10H2,1H3. The first-order valence-corrected chi connectivity index (χ1v) is 8.88. The zero-order valence-corrected chi connectivity index (χ0v) is 14.3. The molecule has 1 saturated heterocycles. The first-order chi connectivity index (χ1) is 11.6. The lowest BCUT2D eigenvalue weighted by Crippen LogP contribution is -2.35. The molecule has 0 radical (unpaired) electrons. The minimum absolute atomic E-state index is 0.0316. The quantitative estimate of drug-likeness (QED) is 0.800. The molecule has 0 bridgehead atoms. The van der Waals surface area contributed by atoms with E-state index >= 15 is 0 Å². The molecule has 1 aromatic heterocycles. The van der Waals surface area contributed by atoms with E-state index in [1.165, 1.54) is 24.3 Å². The molecule has 1 aliphatic rings. The number of nitrogens with zero attached hydrogens (tertiary/aromatic N) is 2. The first kappa shape index (κ1) is 16.6. The van der Waals surface area contributed by atoms with Crippen LogP contribution in [0.4, 0.5) is 10.1 Å². The fourth-order valence-electron chi connectivity index (χ4n) is 3.05. The third-order valence-electron chi connectivity index (χ3n) is 4.24. The molecule has 1 fully saturated rings. The van der Waals surface area contributed by atoms with E-state index in [1.54, 1.807) is 12.1 Å². The van der Waals surface area contributed by atoms with Gasteiger partial charge in [-0.2, -0.15) is 11.3 Å². The highest BCUT2D eigenvalue weighted by Gasteiger charge is 2.23. The van der Waals surface area contributed by atoms with Crippen LogP contribution in [-0.2, 0) is 0 Å². The number of benzene rings is 1. The summed E-state index contributed by atoms with van der Waals surface area (Å²) in [6.07, 6.45) is 0.781. The van der Waals surface area contributed by atoms with Gasteiger partial charge in [0.15, 0.2) is 5.78 Å². The number of amides is 1. The maximum Gasteiger partial charge on any atom is 0.254 e. The maximum absolute atomic E-state index is 14.0. The molecule has 1 aliphatic heterocycles. The normalized spacial score (nSPS) is 15.2. The number of anilines is 1. The van der Waals surface area contributed by atoms with E-state index < -0.39 is 5.82 Å². The molecule has 0 atom stereocenters. The van der Waals surface area contributed by atoms with E-state index in [0.29, 0.717) is 37.4 Å². The zero-order valence-electron chi connectivity index (χ0n) is 13.5. The van der Waals surface area contributed by atoms with Crippen molar-refractivity contribution < 1.29 is 14.0 Å². The van der Waals surface area contributed by atoms with Gasteiger partial charge in [-0.3, -0.25) is 9.59 Å². The Morgan fingerprint density at radius 2 is 1.96 bits per heavy atom. The van der Waals surface area contributed by atoms with Crippen molar-refractivity contribution in [1.82, 2.24) is 4.90 Å².